The minimum absolute atomic E-state index is 0.0994. The first-order chi connectivity index (χ1) is 34.0. The van der Waals surface area contributed by atoms with Gasteiger partial charge in [-0.15, -0.1) is 0 Å². The molecular formula is C52H88O21. The normalized spacial score (nSPS) is 57.3. The summed E-state index contributed by atoms with van der Waals surface area (Å²) >= 11 is 0. The predicted molar refractivity (Wildman–Crippen MR) is 252 cm³/mol. The largest absolute Gasteiger partial charge is 0.394 e. The molecule has 9 aliphatic rings. The van der Waals surface area contributed by atoms with Crippen LogP contribution in [0.25, 0.3) is 0 Å². The maximum atomic E-state index is 12.8. The Hall–Kier alpha value is -0.840. The molecule has 4 saturated heterocycles. The monoisotopic (exact) mass is 1050 g/mol. The van der Waals surface area contributed by atoms with E-state index in [1.54, 1.807) is 0 Å². The fraction of sp³-hybridized carbons (Fsp3) is 1.00. The Balaban J connectivity index is 0.976. The van der Waals surface area contributed by atoms with E-state index in [4.69, 9.17) is 37.9 Å². The number of aliphatic hydroxyl groups excluding tert-OH is 13. The second-order valence-electron chi connectivity index (χ2n) is 26.0. The first-order valence-corrected chi connectivity index (χ1v) is 26.9. The highest BCUT2D eigenvalue weighted by atomic mass is 16.7. The average molecular weight is 1050 g/mol. The molecular weight excluding hydrogens is 961 g/mol. The van der Waals surface area contributed by atoms with E-state index < -0.39 is 163 Å². The van der Waals surface area contributed by atoms with Gasteiger partial charge in [-0.3, -0.25) is 0 Å². The lowest BCUT2D eigenvalue weighted by atomic mass is 9.31. The summed E-state index contributed by atoms with van der Waals surface area (Å²) in [5.74, 6) is -0.477. The molecule has 73 heavy (non-hydrogen) atoms. The van der Waals surface area contributed by atoms with Crippen LogP contribution in [0.3, 0.4) is 0 Å². The van der Waals surface area contributed by atoms with Gasteiger partial charge in [0, 0.05) is 0 Å². The molecule has 0 aromatic rings. The maximum absolute atomic E-state index is 12.8. The van der Waals surface area contributed by atoms with Gasteiger partial charge in [0.1, 0.15) is 79.4 Å². The van der Waals surface area contributed by atoms with Gasteiger partial charge in [-0.05, 0) is 129 Å². The van der Waals surface area contributed by atoms with Crippen LogP contribution in [0.4, 0.5) is 0 Å². The first kappa shape index (κ1) is 56.9. The zero-order valence-corrected chi connectivity index (χ0v) is 43.9. The molecule has 0 amide bonds. The second kappa shape index (κ2) is 20.1. The number of fused-ring (bicyclic) bond motifs is 7. The van der Waals surface area contributed by atoms with Crippen LogP contribution in [0.15, 0.2) is 0 Å². The molecule has 13 N–H and O–H groups in total. The molecule has 5 saturated carbocycles. The number of ether oxygens (including phenoxy) is 8. The zero-order chi connectivity index (χ0) is 53.4. The second-order valence-corrected chi connectivity index (χ2v) is 26.0. The topological polar surface area (TPSA) is 337 Å². The van der Waals surface area contributed by atoms with Gasteiger partial charge in [0.25, 0.3) is 0 Å². The molecule has 0 radical (unpaired) electrons. The van der Waals surface area contributed by atoms with Gasteiger partial charge in [-0.25, -0.2) is 0 Å². The van der Waals surface area contributed by atoms with Crippen molar-refractivity contribution in [1.29, 1.82) is 0 Å². The van der Waals surface area contributed by atoms with E-state index in [9.17, 15) is 66.4 Å². The summed E-state index contributed by atoms with van der Waals surface area (Å²) in [6.45, 7) is 17.6. The Bertz CT molecular complexity index is 1930. The molecule has 4 heterocycles. The summed E-state index contributed by atoms with van der Waals surface area (Å²) in [7, 11) is 0. The van der Waals surface area contributed by atoms with Gasteiger partial charge in [-0.1, -0.05) is 41.5 Å². The molecule has 422 valence electrons. The fourth-order valence-corrected chi connectivity index (χ4v) is 17.7. The van der Waals surface area contributed by atoms with Crippen LogP contribution in [0, 0.1) is 56.7 Å². The lowest BCUT2D eigenvalue weighted by molar-refractivity contribution is -0.359. The van der Waals surface area contributed by atoms with E-state index in [0.29, 0.717) is 32.1 Å². The Morgan fingerprint density at radius 1 is 0.521 bits per heavy atom. The van der Waals surface area contributed by atoms with E-state index >= 15 is 0 Å². The lowest BCUT2D eigenvalue weighted by Crippen LogP contribution is -2.72. The molecule has 5 aliphatic carbocycles. The van der Waals surface area contributed by atoms with Gasteiger partial charge >= 0.3 is 0 Å². The average Bonchev–Trinajstić information content (AvgIpc) is 3.70. The van der Waals surface area contributed by atoms with E-state index in [-0.39, 0.29) is 48.2 Å². The molecule has 21 nitrogen and oxygen atoms in total. The Kier molecular flexibility index (Phi) is 15.6. The van der Waals surface area contributed by atoms with E-state index in [1.165, 1.54) is 6.92 Å². The van der Waals surface area contributed by atoms with Crippen molar-refractivity contribution >= 4 is 0 Å². The highest BCUT2D eigenvalue weighted by Gasteiger charge is 2.75. The summed E-state index contributed by atoms with van der Waals surface area (Å²) in [5.41, 5.74) is -3.48. The van der Waals surface area contributed by atoms with Crippen molar-refractivity contribution in [2.24, 2.45) is 56.7 Å². The van der Waals surface area contributed by atoms with Crippen molar-refractivity contribution in [2.75, 3.05) is 19.8 Å². The number of aliphatic hydroxyl groups is 13. The van der Waals surface area contributed by atoms with Gasteiger partial charge in [0.05, 0.1) is 49.8 Å². The minimum atomic E-state index is -1.63. The number of hydrogen-bond donors (Lipinski definition) is 13. The SMILES string of the molecule is CC1OC(OC2COC(OC3CCC4(C)C(C(OC5OCC(O)C(O)C5O)CC5(C)C4CCC4C6(C)CCC(C(C)(C)OC7OC(CO)C(O)C(O)C7O)C6C(O)CC45C)C3(C)C)C(O)C2O)C(O)C(O)C1O. The minimum Gasteiger partial charge on any atom is -0.394 e. The Morgan fingerprint density at radius 3 is 1.74 bits per heavy atom. The summed E-state index contributed by atoms with van der Waals surface area (Å²) in [5, 5.41) is 141. The number of hydrogen-bond acceptors (Lipinski definition) is 21. The highest BCUT2D eigenvalue weighted by Crippen LogP contribution is 2.78. The van der Waals surface area contributed by atoms with E-state index in [1.807, 2.05) is 13.8 Å². The maximum Gasteiger partial charge on any atom is 0.187 e. The van der Waals surface area contributed by atoms with Gasteiger partial charge in [-0.2, -0.15) is 0 Å². The molecule has 4 aliphatic heterocycles. The van der Waals surface area contributed by atoms with Crippen molar-refractivity contribution < 1.29 is 104 Å². The van der Waals surface area contributed by atoms with Crippen LogP contribution in [-0.4, -0.2) is 221 Å². The van der Waals surface area contributed by atoms with E-state index in [0.717, 1.165) is 19.3 Å². The third-order valence-electron chi connectivity index (χ3n) is 21.5. The quantitative estimate of drug-likeness (QED) is 0.114. The smallest absolute Gasteiger partial charge is 0.187 e. The molecule has 9 fully saturated rings. The van der Waals surface area contributed by atoms with Gasteiger partial charge in [0.2, 0.25) is 0 Å². The van der Waals surface area contributed by atoms with E-state index in [2.05, 4.69) is 41.5 Å². The third kappa shape index (κ3) is 9.03. The Labute approximate surface area is 428 Å². The molecule has 0 spiro atoms. The zero-order valence-electron chi connectivity index (χ0n) is 43.9. The first-order valence-electron chi connectivity index (χ1n) is 26.9. The van der Waals surface area contributed by atoms with Crippen molar-refractivity contribution in [1.82, 2.24) is 0 Å². The molecule has 0 aromatic heterocycles. The van der Waals surface area contributed by atoms with Crippen molar-refractivity contribution in [3.8, 4) is 0 Å². The summed E-state index contributed by atoms with van der Waals surface area (Å²) < 4.78 is 49.5. The van der Waals surface area contributed by atoms with Crippen LogP contribution >= 0.6 is 0 Å². The van der Waals surface area contributed by atoms with Crippen LogP contribution in [0.2, 0.25) is 0 Å². The summed E-state index contributed by atoms with van der Waals surface area (Å²) in [6.07, 6.45) is -22.0. The molecule has 21 heteroatoms. The standard InChI is InChI=1S/C52H88O21/c1-21-32(56)36(60)40(64)45(68-21)71-27-20-67-44(39(63)35(27)59)72-30-13-15-50(7)29-11-10-28-49(6)14-12-22(48(4,5)73-46-41(65)37(61)34(58)26(18-53)70-46)31(49)23(54)16-51(28,8)52(29,9)17-25(42(50)47(30,2)3)69-43-38(62)33(57)24(55)19-66-43/h21-46,53-65H,10-20H2,1-9H3. The molecule has 0 aromatic carbocycles. The van der Waals surface area contributed by atoms with Crippen LogP contribution < -0.4 is 0 Å². The van der Waals surface area contributed by atoms with Gasteiger partial charge in [0.15, 0.2) is 25.2 Å². The van der Waals surface area contributed by atoms with Crippen molar-refractivity contribution in [3.63, 3.8) is 0 Å². The summed E-state index contributed by atoms with van der Waals surface area (Å²) in [6, 6.07) is 0. The number of rotatable bonds is 10. The lowest BCUT2D eigenvalue weighted by Gasteiger charge is -2.75. The van der Waals surface area contributed by atoms with Crippen LogP contribution in [0.5, 0.6) is 0 Å². The predicted octanol–water partition coefficient (Wildman–Crippen LogP) is -1.24. The highest BCUT2D eigenvalue weighted by molar-refractivity contribution is 5.23. The van der Waals surface area contributed by atoms with Crippen LogP contribution in [0.1, 0.15) is 114 Å². The van der Waals surface area contributed by atoms with Gasteiger partial charge < -0.3 is 104 Å². The van der Waals surface area contributed by atoms with Crippen LogP contribution in [-0.2, 0) is 37.9 Å². The summed E-state index contributed by atoms with van der Waals surface area (Å²) in [4.78, 5) is 0. The molecule has 30 unspecified atom stereocenters. The Morgan fingerprint density at radius 2 is 1.07 bits per heavy atom. The third-order valence-corrected chi connectivity index (χ3v) is 21.5. The van der Waals surface area contributed by atoms with Crippen molar-refractivity contribution in [3.05, 3.63) is 0 Å². The molecule has 9 rings (SSSR count). The molecule has 30 atom stereocenters. The van der Waals surface area contributed by atoms with Crippen molar-refractivity contribution in [2.45, 2.75) is 248 Å². The molecule has 0 bridgehead atoms. The fourth-order valence-electron chi connectivity index (χ4n) is 17.7.